The minimum absolute atomic E-state index is 0.140. The maximum Gasteiger partial charge on any atom is 0.328 e. The highest BCUT2D eigenvalue weighted by Crippen LogP contribution is 2.13. The van der Waals surface area contributed by atoms with E-state index < -0.39 is 36.3 Å². The molecule has 0 fully saturated rings. The monoisotopic (exact) mass is 350 g/mol. The molecule has 1 rings (SSSR count). The first-order chi connectivity index (χ1) is 11.7. The van der Waals surface area contributed by atoms with E-state index in [-0.39, 0.29) is 24.4 Å². The molecule has 0 saturated carbocycles. The van der Waals surface area contributed by atoms with Crippen LogP contribution in [0.3, 0.4) is 0 Å². The van der Waals surface area contributed by atoms with Crippen molar-refractivity contribution in [2.75, 3.05) is 0 Å². The van der Waals surface area contributed by atoms with Gasteiger partial charge in [-0.15, -0.1) is 0 Å². The Hall–Kier alpha value is -3.27. The summed E-state index contributed by atoms with van der Waals surface area (Å²) in [5.41, 5.74) is 16.1. The largest absolute Gasteiger partial charge is 0.425 e. The van der Waals surface area contributed by atoms with Crippen LogP contribution in [0.5, 0.6) is 5.75 Å². The summed E-state index contributed by atoms with van der Waals surface area (Å²) in [5.74, 6) is -3.57. The number of amidine groups is 1. The Kier molecular flexibility index (Phi) is 7.22. The second kappa shape index (κ2) is 9.13. The lowest BCUT2D eigenvalue weighted by Crippen LogP contribution is -2.37. The summed E-state index contributed by atoms with van der Waals surface area (Å²) in [7, 11) is 0. The van der Waals surface area contributed by atoms with Crippen molar-refractivity contribution < 1.29 is 28.7 Å². The van der Waals surface area contributed by atoms with Gasteiger partial charge in [0.05, 0.1) is 12.8 Å². The number of ether oxygens (including phenoxy) is 2. The number of benzene rings is 1. The zero-order chi connectivity index (χ0) is 19.0. The van der Waals surface area contributed by atoms with Crippen LogP contribution in [0, 0.1) is 5.41 Å². The lowest BCUT2D eigenvalue weighted by molar-refractivity contribution is -0.161. The number of hydrogen-bond donors (Lipinski definition) is 4. The SMILES string of the molecule is N=C(N)c1ccc(OC(=O)[C@@H](N)CC(=O)OC(=O)CCC(N)=O)cc1. The van der Waals surface area contributed by atoms with Crippen molar-refractivity contribution in [2.45, 2.75) is 25.3 Å². The second-order valence-corrected chi connectivity index (χ2v) is 4.98. The molecule has 1 amide bonds. The Morgan fingerprint density at radius 1 is 1.00 bits per heavy atom. The third-order valence-corrected chi connectivity index (χ3v) is 2.88. The van der Waals surface area contributed by atoms with E-state index in [1.54, 1.807) is 0 Å². The molecular weight excluding hydrogens is 332 g/mol. The molecule has 0 aromatic heterocycles. The Labute approximate surface area is 142 Å². The normalized spacial score (nSPS) is 11.2. The summed E-state index contributed by atoms with van der Waals surface area (Å²) in [6, 6.07) is 4.42. The van der Waals surface area contributed by atoms with Crippen molar-refractivity contribution in [3.63, 3.8) is 0 Å². The Morgan fingerprint density at radius 2 is 1.60 bits per heavy atom. The van der Waals surface area contributed by atoms with Gasteiger partial charge < -0.3 is 26.7 Å². The predicted molar refractivity (Wildman–Crippen MR) is 85.2 cm³/mol. The van der Waals surface area contributed by atoms with E-state index >= 15 is 0 Å². The van der Waals surface area contributed by atoms with Crippen molar-refractivity contribution in [1.29, 1.82) is 5.41 Å². The lowest BCUT2D eigenvalue weighted by Gasteiger charge is -2.11. The number of amides is 1. The van der Waals surface area contributed by atoms with Gasteiger partial charge in [0.2, 0.25) is 5.91 Å². The van der Waals surface area contributed by atoms with Gasteiger partial charge in [-0.25, -0.2) is 4.79 Å². The van der Waals surface area contributed by atoms with E-state index in [0.717, 1.165) is 0 Å². The minimum atomic E-state index is -1.34. The van der Waals surface area contributed by atoms with Gasteiger partial charge in [-0.2, -0.15) is 0 Å². The van der Waals surface area contributed by atoms with E-state index in [1.165, 1.54) is 24.3 Å². The van der Waals surface area contributed by atoms with Crippen LogP contribution < -0.4 is 21.9 Å². The number of carbonyl (C=O) groups excluding carboxylic acids is 4. The molecule has 1 aromatic carbocycles. The van der Waals surface area contributed by atoms with Gasteiger partial charge in [-0.1, -0.05) is 0 Å². The molecule has 134 valence electrons. The number of hydrogen-bond acceptors (Lipinski definition) is 8. The third kappa shape index (κ3) is 7.22. The van der Waals surface area contributed by atoms with E-state index in [1.807, 2.05) is 0 Å². The first kappa shape index (κ1) is 19.8. The van der Waals surface area contributed by atoms with E-state index in [0.29, 0.717) is 5.56 Å². The highest BCUT2D eigenvalue weighted by Gasteiger charge is 2.22. The molecule has 1 aromatic rings. The number of nitrogens with one attached hydrogen (secondary N) is 1. The molecule has 0 radical (unpaired) electrons. The molecule has 0 bridgehead atoms. The molecular formula is C15H18N4O6. The number of nitrogens with two attached hydrogens (primary N) is 3. The smallest absolute Gasteiger partial charge is 0.328 e. The quantitative estimate of drug-likeness (QED) is 0.150. The zero-order valence-corrected chi connectivity index (χ0v) is 13.2. The van der Waals surface area contributed by atoms with Crippen LogP contribution >= 0.6 is 0 Å². The van der Waals surface area contributed by atoms with Crippen LogP contribution in [0.25, 0.3) is 0 Å². The summed E-state index contributed by atoms with van der Waals surface area (Å²) in [4.78, 5) is 45.1. The molecule has 10 nitrogen and oxygen atoms in total. The maximum absolute atomic E-state index is 11.8. The Balaban J connectivity index is 2.47. The van der Waals surface area contributed by atoms with Crippen LogP contribution in [-0.4, -0.2) is 35.7 Å². The van der Waals surface area contributed by atoms with Crippen LogP contribution in [0.2, 0.25) is 0 Å². The lowest BCUT2D eigenvalue weighted by atomic mass is 10.2. The van der Waals surface area contributed by atoms with E-state index in [4.69, 9.17) is 27.3 Å². The number of rotatable bonds is 8. The van der Waals surface area contributed by atoms with E-state index in [2.05, 4.69) is 4.74 Å². The Morgan fingerprint density at radius 3 is 2.12 bits per heavy atom. The first-order valence-corrected chi connectivity index (χ1v) is 7.12. The van der Waals surface area contributed by atoms with Gasteiger partial charge in [-0.3, -0.25) is 19.8 Å². The summed E-state index contributed by atoms with van der Waals surface area (Å²) >= 11 is 0. The molecule has 0 aliphatic heterocycles. The molecule has 0 unspecified atom stereocenters. The average Bonchev–Trinajstić information content (AvgIpc) is 2.53. The van der Waals surface area contributed by atoms with Crippen molar-refractivity contribution in [1.82, 2.24) is 0 Å². The van der Waals surface area contributed by atoms with Crippen molar-refractivity contribution in [3.8, 4) is 5.75 Å². The van der Waals surface area contributed by atoms with Crippen LogP contribution in [-0.2, 0) is 23.9 Å². The number of esters is 3. The fraction of sp³-hybridized carbons (Fsp3) is 0.267. The minimum Gasteiger partial charge on any atom is -0.425 e. The number of primary amides is 1. The van der Waals surface area contributed by atoms with Gasteiger partial charge in [0.25, 0.3) is 0 Å². The molecule has 0 heterocycles. The van der Waals surface area contributed by atoms with Gasteiger partial charge in [0.1, 0.15) is 17.6 Å². The van der Waals surface area contributed by atoms with Crippen molar-refractivity contribution in [2.24, 2.45) is 17.2 Å². The highest BCUT2D eigenvalue weighted by molar-refractivity contribution is 5.95. The molecule has 25 heavy (non-hydrogen) atoms. The number of nitrogen functional groups attached to an aromatic ring is 1. The van der Waals surface area contributed by atoms with Gasteiger partial charge >= 0.3 is 17.9 Å². The summed E-state index contributed by atoms with van der Waals surface area (Å²) in [6.45, 7) is 0. The third-order valence-electron chi connectivity index (χ3n) is 2.88. The van der Waals surface area contributed by atoms with Crippen LogP contribution in [0.4, 0.5) is 0 Å². The summed E-state index contributed by atoms with van der Waals surface area (Å²) in [6.07, 6.45) is -1.17. The summed E-state index contributed by atoms with van der Waals surface area (Å²) < 4.78 is 9.37. The fourth-order valence-electron chi connectivity index (χ4n) is 1.60. The van der Waals surface area contributed by atoms with Gasteiger partial charge in [-0.05, 0) is 24.3 Å². The fourth-order valence-corrected chi connectivity index (χ4v) is 1.60. The first-order valence-electron chi connectivity index (χ1n) is 7.12. The van der Waals surface area contributed by atoms with Gasteiger partial charge in [0.15, 0.2) is 0 Å². The highest BCUT2D eigenvalue weighted by atomic mass is 16.6. The zero-order valence-electron chi connectivity index (χ0n) is 13.2. The van der Waals surface area contributed by atoms with Crippen LogP contribution in [0.1, 0.15) is 24.8 Å². The van der Waals surface area contributed by atoms with E-state index in [9.17, 15) is 19.2 Å². The van der Waals surface area contributed by atoms with Crippen molar-refractivity contribution in [3.05, 3.63) is 29.8 Å². The molecule has 0 spiro atoms. The molecule has 10 heteroatoms. The Bertz CT molecular complexity index is 686. The van der Waals surface area contributed by atoms with Crippen LogP contribution in [0.15, 0.2) is 24.3 Å². The second-order valence-electron chi connectivity index (χ2n) is 4.98. The molecule has 0 aliphatic rings. The summed E-state index contributed by atoms with van der Waals surface area (Å²) in [5, 5.41) is 7.25. The predicted octanol–water partition coefficient (Wildman–Crippen LogP) is -1.07. The van der Waals surface area contributed by atoms with Gasteiger partial charge in [0, 0.05) is 12.0 Å². The number of carbonyl (C=O) groups is 4. The molecule has 0 saturated heterocycles. The molecule has 0 aliphatic carbocycles. The maximum atomic E-state index is 11.8. The standard InChI is InChI=1S/C15H18N4O6/c16-10(7-13(22)25-12(21)6-5-11(17)20)15(23)24-9-3-1-8(2-4-9)14(18)19/h1-4,10H,5-7,16H2,(H2,17,20)(H3,18,19)/t10-/m0/s1. The topological polar surface area (TPSA) is 189 Å². The average molecular weight is 350 g/mol. The molecule has 7 N–H and O–H groups in total. The van der Waals surface area contributed by atoms with Crippen molar-refractivity contribution >= 4 is 29.7 Å². The molecule has 1 atom stereocenters.